The van der Waals surface area contributed by atoms with Crippen LogP contribution in [0.1, 0.15) is 59.3 Å². The molecule has 0 radical (unpaired) electrons. The number of aromatic nitrogens is 1. The summed E-state index contributed by atoms with van der Waals surface area (Å²) in [6.07, 6.45) is 2.49. The number of nitrogens with zero attached hydrogens (tertiary/aromatic N) is 3. The van der Waals surface area contributed by atoms with Gasteiger partial charge in [-0.2, -0.15) is 0 Å². The van der Waals surface area contributed by atoms with E-state index in [2.05, 4.69) is 34.0 Å². The number of fused-ring (bicyclic) bond motifs is 3. The quantitative estimate of drug-likeness (QED) is 0.315. The van der Waals surface area contributed by atoms with Gasteiger partial charge in [0.1, 0.15) is 5.75 Å². The number of methoxy groups -OCH3 is 1. The fourth-order valence-electron chi connectivity index (χ4n) is 5.58. The minimum Gasteiger partial charge on any atom is -0.497 e. The molecule has 3 heterocycles. The molecule has 0 aliphatic carbocycles. The van der Waals surface area contributed by atoms with E-state index < -0.39 is 0 Å². The maximum atomic E-state index is 12.6. The molecule has 202 valence electrons. The maximum absolute atomic E-state index is 12.6. The molecule has 9 heteroatoms. The predicted octanol–water partition coefficient (Wildman–Crippen LogP) is 4.65. The van der Waals surface area contributed by atoms with Crippen LogP contribution in [0.4, 0.5) is 0 Å². The average Bonchev–Trinajstić information content (AvgIpc) is 3.25. The summed E-state index contributed by atoms with van der Waals surface area (Å²) in [5, 5.41) is 1.24. The van der Waals surface area contributed by atoms with Crippen LogP contribution in [0.5, 0.6) is 5.75 Å². The van der Waals surface area contributed by atoms with Gasteiger partial charge in [0.05, 0.1) is 19.3 Å². The number of hydrogen-bond donors (Lipinski definition) is 1. The molecule has 0 spiro atoms. The van der Waals surface area contributed by atoms with E-state index in [-0.39, 0.29) is 12.2 Å². The number of nitrogens with one attached hydrogen (secondary N) is 1. The summed E-state index contributed by atoms with van der Waals surface area (Å²) in [5.74, 6) is 0.963. The summed E-state index contributed by atoms with van der Waals surface area (Å²) in [5.41, 5.74) is 9.80. The summed E-state index contributed by atoms with van der Waals surface area (Å²) in [6, 6.07) is 14.1. The number of carbonyl (C=O) groups is 1. The first-order valence-corrected chi connectivity index (χ1v) is 13.7. The summed E-state index contributed by atoms with van der Waals surface area (Å²) in [4.78, 5) is 22.5. The summed E-state index contributed by atoms with van der Waals surface area (Å²) in [6.45, 7) is 6.25. The van der Waals surface area contributed by atoms with Crippen LogP contribution in [0.25, 0.3) is 10.9 Å². The smallest absolute Gasteiger partial charge is 0.274 e. The lowest BCUT2D eigenvalue weighted by molar-refractivity contribution is -0.186. The number of benzene rings is 2. The zero-order chi connectivity index (χ0) is 26.6. The second kappa shape index (κ2) is 11.8. The van der Waals surface area contributed by atoms with E-state index >= 15 is 0 Å². The van der Waals surface area contributed by atoms with E-state index in [4.69, 9.17) is 26.5 Å². The Morgan fingerprint density at radius 3 is 2.76 bits per heavy atom. The lowest BCUT2D eigenvalue weighted by Gasteiger charge is -2.34. The standard InChI is InChI=1S/C29H36N4O4S/c1-20-15-32(18-31(2)19-38)17-26-28(20)24-14-23(35-3)11-12-25(24)33(26)16-21-7-9-22(10-8-21)29(34)30-37-27-6-4-5-13-36-27/h7-12,14,19-20,27H,4-6,13,15-18H2,1-3H3,(H,30,34). The highest BCUT2D eigenvalue weighted by Crippen LogP contribution is 2.38. The number of thiocarbonyl (C=S) groups is 1. The Morgan fingerprint density at radius 2 is 2.05 bits per heavy atom. The molecule has 2 aliphatic heterocycles. The van der Waals surface area contributed by atoms with Crippen molar-refractivity contribution < 1.29 is 19.1 Å². The molecule has 5 rings (SSSR count). The molecule has 0 saturated carbocycles. The van der Waals surface area contributed by atoms with E-state index in [9.17, 15) is 4.79 Å². The van der Waals surface area contributed by atoms with Crippen molar-refractivity contribution in [2.24, 2.45) is 0 Å². The summed E-state index contributed by atoms with van der Waals surface area (Å²) in [7, 11) is 3.72. The van der Waals surface area contributed by atoms with Gasteiger partial charge in [0.25, 0.3) is 5.91 Å². The second-order valence-corrected chi connectivity index (χ2v) is 10.5. The fourth-order valence-corrected chi connectivity index (χ4v) is 5.65. The van der Waals surface area contributed by atoms with E-state index in [1.54, 1.807) is 12.6 Å². The zero-order valence-corrected chi connectivity index (χ0v) is 23.1. The molecule has 0 bridgehead atoms. The molecule has 1 aromatic heterocycles. The Labute approximate surface area is 229 Å². The number of ether oxygens (including phenoxy) is 2. The van der Waals surface area contributed by atoms with Crippen LogP contribution in [0, 0.1) is 0 Å². The molecule has 1 N–H and O–H groups in total. The topological polar surface area (TPSA) is 68.2 Å². The van der Waals surface area contributed by atoms with Gasteiger partial charge in [-0.1, -0.05) is 31.3 Å². The van der Waals surface area contributed by atoms with Crippen LogP contribution < -0.4 is 10.2 Å². The molecule has 8 nitrogen and oxygen atoms in total. The summed E-state index contributed by atoms with van der Waals surface area (Å²) < 4.78 is 13.5. The molecule has 2 unspecified atom stereocenters. The van der Waals surface area contributed by atoms with Crippen molar-refractivity contribution in [3.8, 4) is 5.75 Å². The number of rotatable bonds is 9. The number of hydroxylamine groups is 1. The third-order valence-corrected chi connectivity index (χ3v) is 7.76. The number of hydrogen-bond acceptors (Lipinski definition) is 6. The normalized spacial score (nSPS) is 19.7. The highest BCUT2D eigenvalue weighted by molar-refractivity contribution is 7.78. The largest absolute Gasteiger partial charge is 0.497 e. The molecular formula is C29H36N4O4S. The van der Waals surface area contributed by atoms with Crippen molar-refractivity contribution in [2.75, 3.05) is 34.0 Å². The van der Waals surface area contributed by atoms with Crippen LogP contribution in [0.2, 0.25) is 0 Å². The van der Waals surface area contributed by atoms with Gasteiger partial charge in [0.15, 0.2) is 6.29 Å². The summed E-state index contributed by atoms with van der Waals surface area (Å²) >= 11 is 5.13. The molecule has 1 saturated heterocycles. The second-order valence-electron chi connectivity index (χ2n) is 10.3. The highest BCUT2D eigenvalue weighted by atomic mass is 32.1. The first-order chi connectivity index (χ1) is 18.5. The Morgan fingerprint density at radius 1 is 1.24 bits per heavy atom. The van der Waals surface area contributed by atoms with E-state index in [1.165, 1.54) is 22.2 Å². The van der Waals surface area contributed by atoms with Gasteiger partial charge in [0.2, 0.25) is 0 Å². The maximum Gasteiger partial charge on any atom is 0.274 e. The van der Waals surface area contributed by atoms with Crippen LogP contribution in [-0.4, -0.2) is 66.0 Å². The van der Waals surface area contributed by atoms with Crippen molar-refractivity contribution in [2.45, 2.75) is 51.5 Å². The van der Waals surface area contributed by atoms with Crippen LogP contribution >= 0.6 is 12.2 Å². The minimum absolute atomic E-state index is 0.270. The first-order valence-electron chi connectivity index (χ1n) is 13.2. The molecular weight excluding hydrogens is 500 g/mol. The van der Waals surface area contributed by atoms with Gasteiger partial charge in [-0.15, -0.1) is 0 Å². The van der Waals surface area contributed by atoms with Crippen molar-refractivity contribution in [1.82, 2.24) is 19.8 Å². The van der Waals surface area contributed by atoms with E-state index in [0.29, 0.717) is 24.6 Å². The molecule has 1 amide bonds. The molecule has 2 atom stereocenters. The van der Waals surface area contributed by atoms with Gasteiger partial charge in [-0.05, 0) is 60.2 Å². The molecule has 1 fully saturated rings. The predicted molar refractivity (Wildman–Crippen MR) is 151 cm³/mol. The number of amides is 1. The highest BCUT2D eigenvalue weighted by Gasteiger charge is 2.29. The van der Waals surface area contributed by atoms with Gasteiger partial charge >= 0.3 is 0 Å². The monoisotopic (exact) mass is 536 g/mol. The Bertz CT molecular complexity index is 1290. The SMILES string of the molecule is COc1ccc2c(c1)c1c(n2Cc2ccc(C(=O)NOC3CCCCO3)cc2)CN(CN(C)C=S)CC1C. The molecule has 2 aromatic carbocycles. The van der Waals surface area contributed by atoms with Crippen molar-refractivity contribution in [1.29, 1.82) is 0 Å². The Kier molecular flexibility index (Phi) is 8.28. The fraction of sp³-hybridized carbons (Fsp3) is 0.448. The average molecular weight is 537 g/mol. The van der Waals surface area contributed by atoms with Crippen molar-refractivity contribution in [3.05, 3.63) is 64.8 Å². The minimum atomic E-state index is -0.371. The Balaban J connectivity index is 1.38. The molecule has 38 heavy (non-hydrogen) atoms. The van der Waals surface area contributed by atoms with Crippen molar-refractivity contribution in [3.63, 3.8) is 0 Å². The third kappa shape index (κ3) is 5.71. The van der Waals surface area contributed by atoms with Gasteiger partial charge in [-0.3, -0.25) is 9.69 Å². The van der Waals surface area contributed by atoms with Crippen molar-refractivity contribution >= 4 is 34.5 Å². The first kappa shape index (κ1) is 26.6. The third-order valence-electron chi connectivity index (χ3n) is 7.40. The van der Waals surface area contributed by atoms with Gasteiger partial charge in [-0.25, -0.2) is 10.3 Å². The van der Waals surface area contributed by atoms with Crippen LogP contribution in [0.15, 0.2) is 42.5 Å². The molecule has 3 aromatic rings. The number of carbonyl (C=O) groups excluding carboxylic acids is 1. The Hall–Kier alpha value is -2.98. The van der Waals surface area contributed by atoms with E-state index in [0.717, 1.165) is 50.3 Å². The van der Waals surface area contributed by atoms with Gasteiger partial charge < -0.3 is 18.9 Å². The zero-order valence-electron chi connectivity index (χ0n) is 22.3. The lowest BCUT2D eigenvalue weighted by atomic mass is 9.93. The van der Waals surface area contributed by atoms with Crippen LogP contribution in [-0.2, 0) is 22.7 Å². The van der Waals surface area contributed by atoms with Gasteiger partial charge in [0, 0.05) is 61.9 Å². The lowest BCUT2D eigenvalue weighted by Crippen LogP contribution is -2.40. The molecule has 2 aliphatic rings. The van der Waals surface area contributed by atoms with E-state index in [1.807, 2.05) is 42.3 Å². The van der Waals surface area contributed by atoms with Crippen LogP contribution in [0.3, 0.4) is 0 Å².